The second kappa shape index (κ2) is 4.35. The van der Waals surface area contributed by atoms with E-state index in [2.05, 4.69) is 20.9 Å². The van der Waals surface area contributed by atoms with Crippen molar-refractivity contribution in [2.75, 3.05) is 0 Å². The number of hydrogen-bond acceptors (Lipinski definition) is 2. The Bertz CT molecular complexity index is 883. The number of nitrogens with two attached hydrogens (primary N) is 1. The molecule has 0 fully saturated rings. The van der Waals surface area contributed by atoms with Crippen LogP contribution in [-0.4, -0.2) is 22.0 Å². The number of aromatic nitrogens is 1. The molecule has 0 saturated heterocycles. The Balaban J connectivity index is 2.53. The van der Waals surface area contributed by atoms with E-state index in [4.69, 9.17) is 10.8 Å². The van der Waals surface area contributed by atoms with Crippen LogP contribution in [-0.2, 0) is 0 Å². The number of carbonyl (C=O) groups excluding carboxylic acids is 1. The van der Waals surface area contributed by atoms with Gasteiger partial charge >= 0.3 is 5.97 Å². The SMILES string of the molecule is NC(=O)c1cccc2[nH]c3c(Br)cc(C(=O)O)cc3c12. The number of H-pyrrole nitrogens is 1. The lowest BCUT2D eigenvalue weighted by atomic mass is 10.0. The standard InChI is InChI=1S/C14H9BrN2O3/c15-9-5-6(14(19)20)4-8-11-7(13(16)18)2-1-3-10(11)17-12(8)9/h1-5,17H,(H2,16,18)(H,19,20). The summed E-state index contributed by atoms with van der Waals surface area (Å²) in [7, 11) is 0. The number of hydrogen-bond donors (Lipinski definition) is 3. The highest BCUT2D eigenvalue weighted by molar-refractivity contribution is 9.10. The van der Waals surface area contributed by atoms with E-state index in [0.717, 1.165) is 11.0 Å². The molecule has 3 rings (SSSR count). The van der Waals surface area contributed by atoms with Crippen molar-refractivity contribution in [3.8, 4) is 0 Å². The molecule has 6 heteroatoms. The third-order valence-electron chi connectivity index (χ3n) is 3.20. The van der Waals surface area contributed by atoms with Gasteiger partial charge in [-0.2, -0.15) is 0 Å². The summed E-state index contributed by atoms with van der Waals surface area (Å²) in [6.45, 7) is 0. The van der Waals surface area contributed by atoms with E-state index in [9.17, 15) is 9.59 Å². The first kappa shape index (κ1) is 12.7. The molecule has 0 saturated carbocycles. The smallest absolute Gasteiger partial charge is 0.335 e. The van der Waals surface area contributed by atoms with Crippen LogP contribution < -0.4 is 5.73 Å². The van der Waals surface area contributed by atoms with E-state index in [1.807, 2.05) is 6.07 Å². The minimum Gasteiger partial charge on any atom is -0.478 e. The third kappa shape index (κ3) is 1.77. The van der Waals surface area contributed by atoms with Gasteiger partial charge in [0.1, 0.15) is 0 Å². The number of fused-ring (bicyclic) bond motifs is 3. The first-order valence-electron chi connectivity index (χ1n) is 5.76. The molecule has 0 aliphatic heterocycles. The second-order valence-corrected chi connectivity index (χ2v) is 5.26. The van der Waals surface area contributed by atoms with Crippen molar-refractivity contribution in [2.45, 2.75) is 0 Å². The molecule has 2 aromatic carbocycles. The number of carboxylic acids is 1. The van der Waals surface area contributed by atoms with Gasteiger partial charge in [0.25, 0.3) is 0 Å². The van der Waals surface area contributed by atoms with Gasteiger partial charge in [-0.1, -0.05) is 6.07 Å². The number of primary amides is 1. The van der Waals surface area contributed by atoms with Gasteiger partial charge in [-0.3, -0.25) is 4.79 Å². The minimum atomic E-state index is -1.03. The molecule has 0 spiro atoms. The average molecular weight is 333 g/mol. The van der Waals surface area contributed by atoms with Crippen molar-refractivity contribution in [3.05, 3.63) is 45.9 Å². The number of nitrogens with one attached hydrogen (secondary N) is 1. The highest BCUT2D eigenvalue weighted by Gasteiger charge is 2.16. The molecule has 0 unspecified atom stereocenters. The van der Waals surface area contributed by atoms with E-state index >= 15 is 0 Å². The zero-order chi connectivity index (χ0) is 14.4. The van der Waals surface area contributed by atoms with Gasteiger partial charge in [-0.15, -0.1) is 0 Å². The number of amides is 1. The number of aromatic amines is 1. The molecule has 0 atom stereocenters. The Morgan fingerprint density at radius 3 is 2.65 bits per heavy atom. The summed E-state index contributed by atoms with van der Waals surface area (Å²) in [5.74, 6) is -1.58. The number of aromatic carboxylic acids is 1. The minimum absolute atomic E-state index is 0.143. The van der Waals surface area contributed by atoms with Crippen molar-refractivity contribution >= 4 is 49.6 Å². The molecule has 1 amide bonds. The number of benzene rings is 2. The molecule has 0 bridgehead atoms. The lowest BCUT2D eigenvalue weighted by Gasteiger charge is -2.01. The van der Waals surface area contributed by atoms with E-state index in [1.165, 1.54) is 12.1 Å². The Morgan fingerprint density at radius 1 is 1.25 bits per heavy atom. The Morgan fingerprint density at radius 2 is 2.00 bits per heavy atom. The fraction of sp³-hybridized carbons (Fsp3) is 0. The van der Waals surface area contributed by atoms with Crippen LogP contribution in [0.1, 0.15) is 20.7 Å². The number of halogens is 1. The van der Waals surface area contributed by atoms with Crippen molar-refractivity contribution in [1.29, 1.82) is 0 Å². The summed E-state index contributed by atoms with van der Waals surface area (Å²) in [4.78, 5) is 25.9. The molecular weight excluding hydrogens is 324 g/mol. The maximum absolute atomic E-state index is 11.5. The summed E-state index contributed by atoms with van der Waals surface area (Å²) in [5, 5.41) is 10.4. The van der Waals surface area contributed by atoms with Gasteiger partial charge in [0, 0.05) is 26.3 Å². The fourth-order valence-electron chi connectivity index (χ4n) is 2.34. The van der Waals surface area contributed by atoms with Crippen molar-refractivity contribution in [3.63, 3.8) is 0 Å². The third-order valence-corrected chi connectivity index (χ3v) is 3.82. The van der Waals surface area contributed by atoms with Gasteiger partial charge in [0.05, 0.1) is 11.1 Å². The maximum Gasteiger partial charge on any atom is 0.335 e. The molecule has 0 aliphatic rings. The molecule has 3 aromatic rings. The molecule has 0 aliphatic carbocycles. The predicted octanol–water partition coefficient (Wildman–Crippen LogP) is 2.88. The Labute approximate surface area is 121 Å². The number of carboxylic acid groups (broad SMARTS) is 1. The van der Waals surface area contributed by atoms with Crippen LogP contribution in [0.3, 0.4) is 0 Å². The van der Waals surface area contributed by atoms with Gasteiger partial charge in [-0.05, 0) is 40.2 Å². The van der Waals surface area contributed by atoms with Crippen LogP contribution in [0.4, 0.5) is 0 Å². The molecule has 1 heterocycles. The van der Waals surface area contributed by atoms with E-state index < -0.39 is 11.9 Å². The molecule has 100 valence electrons. The van der Waals surface area contributed by atoms with Crippen LogP contribution in [0.15, 0.2) is 34.8 Å². The molecule has 1 aromatic heterocycles. The van der Waals surface area contributed by atoms with E-state index in [-0.39, 0.29) is 5.56 Å². The lowest BCUT2D eigenvalue weighted by molar-refractivity contribution is 0.0696. The average Bonchev–Trinajstić information content (AvgIpc) is 2.77. The van der Waals surface area contributed by atoms with E-state index in [1.54, 1.807) is 12.1 Å². The summed E-state index contributed by atoms with van der Waals surface area (Å²) < 4.78 is 0.624. The number of carbonyl (C=O) groups is 2. The van der Waals surface area contributed by atoms with Crippen LogP contribution in [0.25, 0.3) is 21.8 Å². The van der Waals surface area contributed by atoms with Crippen LogP contribution in [0.5, 0.6) is 0 Å². The summed E-state index contributed by atoms with van der Waals surface area (Å²) in [5.41, 5.74) is 7.36. The zero-order valence-electron chi connectivity index (χ0n) is 10.1. The topological polar surface area (TPSA) is 96.2 Å². The largest absolute Gasteiger partial charge is 0.478 e. The quantitative estimate of drug-likeness (QED) is 0.673. The number of rotatable bonds is 2. The normalized spacial score (nSPS) is 11.1. The second-order valence-electron chi connectivity index (χ2n) is 4.40. The van der Waals surface area contributed by atoms with Crippen molar-refractivity contribution in [2.24, 2.45) is 5.73 Å². The summed E-state index contributed by atoms with van der Waals surface area (Å²) >= 11 is 3.34. The summed E-state index contributed by atoms with van der Waals surface area (Å²) in [6, 6.07) is 8.22. The molecular formula is C14H9BrN2O3. The van der Waals surface area contributed by atoms with Crippen LogP contribution >= 0.6 is 15.9 Å². The van der Waals surface area contributed by atoms with Crippen molar-refractivity contribution in [1.82, 2.24) is 4.98 Å². The fourth-order valence-corrected chi connectivity index (χ4v) is 2.90. The highest BCUT2D eigenvalue weighted by Crippen LogP contribution is 2.33. The van der Waals surface area contributed by atoms with Gasteiger partial charge in [0.2, 0.25) is 5.91 Å². The predicted molar refractivity (Wildman–Crippen MR) is 79.0 cm³/mol. The van der Waals surface area contributed by atoms with Gasteiger partial charge < -0.3 is 15.8 Å². The maximum atomic E-state index is 11.5. The highest BCUT2D eigenvalue weighted by atomic mass is 79.9. The van der Waals surface area contributed by atoms with Crippen LogP contribution in [0, 0.1) is 0 Å². The molecule has 5 nitrogen and oxygen atoms in total. The van der Waals surface area contributed by atoms with Gasteiger partial charge in [-0.25, -0.2) is 4.79 Å². The van der Waals surface area contributed by atoms with E-state index in [0.29, 0.717) is 20.8 Å². The van der Waals surface area contributed by atoms with Gasteiger partial charge in [0.15, 0.2) is 0 Å². The Hall–Kier alpha value is -2.34. The van der Waals surface area contributed by atoms with Crippen LogP contribution in [0.2, 0.25) is 0 Å². The summed E-state index contributed by atoms with van der Waals surface area (Å²) in [6.07, 6.45) is 0. The molecule has 0 radical (unpaired) electrons. The lowest BCUT2D eigenvalue weighted by Crippen LogP contribution is -2.11. The molecule has 4 N–H and O–H groups in total. The first-order valence-corrected chi connectivity index (χ1v) is 6.55. The zero-order valence-corrected chi connectivity index (χ0v) is 11.7. The molecule has 20 heavy (non-hydrogen) atoms. The first-order chi connectivity index (χ1) is 9.49. The monoisotopic (exact) mass is 332 g/mol. The van der Waals surface area contributed by atoms with Crippen molar-refractivity contribution < 1.29 is 14.7 Å². The Kier molecular flexibility index (Phi) is 2.76.